The van der Waals surface area contributed by atoms with Crippen LogP contribution in [0.3, 0.4) is 0 Å². The summed E-state index contributed by atoms with van der Waals surface area (Å²) in [4.78, 5) is 38.4. The zero-order chi connectivity index (χ0) is 58.5. The van der Waals surface area contributed by atoms with Gasteiger partial charge in [-0.15, -0.1) is 0 Å². The molecule has 0 aliphatic carbocycles. The Morgan fingerprint density at radius 3 is 0.765 bits per heavy atom. The minimum atomic E-state index is -0.785. The maximum atomic E-state index is 12.9. The standard InChI is InChI=1S/C75H130O6/c1-4-7-10-13-16-19-22-25-28-30-31-32-33-34-35-36-37-38-39-40-41-42-43-44-45-46-48-50-53-56-59-62-65-68-74(77)80-71-72(70-79-73(76)67-64-61-58-55-52-49-27-24-21-18-15-12-9-6-3)81-75(78)69-66-63-60-57-54-51-47-29-26-23-20-17-14-11-8-5-2/h7,10,16,19,24-25,27-29,31-32,34-35,37-38,47,72H,4-6,8-9,11-15,17-18,20-23,26,30,33,36,39-46,48-71H2,1-3H3/b10-7-,19-16-,27-24-,28-25-,32-31-,35-34-,38-37-,47-29-. The summed E-state index contributed by atoms with van der Waals surface area (Å²) in [6.45, 7) is 6.53. The van der Waals surface area contributed by atoms with Gasteiger partial charge in [0, 0.05) is 19.3 Å². The Bertz CT molecular complexity index is 1580. The third-order valence-electron chi connectivity index (χ3n) is 15.0. The van der Waals surface area contributed by atoms with Crippen LogP contribution in [-0.4, -0.2) is 37.2 Å². The van der Waals surface area contributed by atoms with Crippen molar-refractivity contribution >= 4 is 17.9 Å². The lowest BCUT2D eigenvalue weighted by Crippen LogP contribution is -2.30. The highest BCUT2D eigenvalue weighted by Gasteiger charge is 2.19. The first-order valence-electron chi connectivity index (χ1n) is 34.7. The molecule has 1 unspecified atom stereocenters. The van der Waals surface area contributed by atoms with Crippen molar-refractivity contribution < 1.29 is 28.6 Å². The van der Waals surface area contributed by atoms with E-state index in [2.05, 4.69) is 118 Å². The van der Waals surface area contributed by atoms with E-state index >= 15 is 0 Å². The van der Waals surface area contributed by atoms with E-state index in [4.69, 9.17) is 14.2 Å². The van der Waals surface area contributed by atoms with Gasteiger partial charge in [0.05, 0.1) is 0 Å². The lowest BCUT2D eigenvalue weighted by atomic mass is 10.0. The van der Waals surface area contributed by atoms with Crippen LogP contribution < -0.4 is 0 Å². The van der Waals surface area contributed by atoms with Crippen LogP contribution in [0.5, 0.6) is 0 Å². The maximum Gasteiger partial charge on any atom is 0.306 e. The van der Waals surface area contributed by atoms with Crippen LogP contribution >= 0.6 is 0 Å². The number of carbonyl (C=O) groups excluding carboxylic acids is 3. The normalized spacial score (nSPS) is 12.7. The van der Waals surface area contributed by atoms with Gasteiger partial charge >= 0.3 is 17.9 Å². The molecule has 0 N–H and O–H groups in total. The highest BCUT2D eigenvalue weighted by molar-refractivity contribution is 5.71. The molecule has 6 heteroatoms. The summed E-state index contributed by atoms with van der Waals surface area (Å²) in [6, 6.07) is 0. The third-order valence-corrected chi connectivity index (χ3v) is 15.0. The monoisotopic (exact) mass is 1130 g/mol. The average molecular weight is 1130 g/mol. The highest BCUT2D eigenvalue weighted by atomic mass is 16.6. The van der Waals surface area contributed by atoms with Crippen molar-refractivity contribution in [2.24, 2.45) is 0 Å². The van der Waals surface area contributed by atoms with Gasteiger partial charge in [-0.1, -0.05) is 298 Å². The molecule has 0 amide bonds. The summed E-state index contributed by atoms with van der Waals surface area (Å²) in [5, 5.41) is 0. The number of esters is 3. The third kappa shape index (κ3) is 67.0. The molecule has 0 aromatic heterocycles. The predicted molar refractivity (Wildman–Crippen MR) is 353 cm³/mol. The number of allylic oxidation sites excluding steroid dienone is 16. The number of ether oxygens (including phenoxy) is 3. The molecule has 0 heterocycles. The Morgan fingerprint density at radius 2 is 0.481 bits per heavy atom. The Labute approximate surface area is 502 Å². The molecule has 0 aromatic rings. The minimum absolute atomic E-state index is 0.0807. The molecule has 0 radical (unpaired) electrons. The summed E-state index contributed by atoms with van der Waals surface area (Å²) in [7, 11) is 0. The van der Waals surface area contributed by atoms with Crippen molar-refractivity contribution in [1.29, 1.82) is 0 Å². The fourth-order valence-electron chi connectivity index (χ4n) is 9.85. The van der Waals surface area contributed by atoms with Gasteiger partial charge < -0.3 is 14.2 Å². The molecule has 0 saturated carbocycles. The fourth-order valence-corrected chi connectivity index (χ4v) is 9.85. The van der Waals surface area contributed by atoms with E-state index < -0.39 is 6.10 Å². The molecular weight excluding hydrogens is 997 g/mol. The lowest BCUT2D eigenvalue weighted by molar-refractivity contribution is -0.167. The Balaban J connectivity index is 4.21. The molecule has 0 saturated heterocycles. The largest absolute Gasteiger partial charge is 0.462 e. The SMILES string of the molecule is CC/C=C\C/C=C\C/C=C\C/C=C\C/C=C\C/C=C\CCCCCCCCCCCCCCCCC(=O)OCC(COC(=O)CCCCCCC/C=C\CCCCCCC)OC(=O)CCCCCCC/C=C\CCCCCCCCC. The Morgan fingerprint density at radius 1 is 0.259 bits per heavy atom. The van der Waals surface area contributed by atoms with Crippen LogP contribution in [-0.2, 0) is 28.6 Å². The van der Waals surface area contributed by atoms with Crippen molar-refractivity contribution in [2.45, 2.75) is 348 Å². The summed E-state index contributed by atoms with van der Waals surface area (Å²) in [5.74, 6) is -0.884. The van der Waals surface area contributed by atoms with E-state index in [-0.39, 0.29) is 31.1 Å². The zero-order valence-electron chi connectivity index (χ0n) is 53.5. The first-order chi connectivity index (χ1) is 40.0. The number of unbranched alkanes of at least 4 members (excludes halogenated alkanes) is 36. The summed E-state index contributed by atoms with van der Waals surface area (Å²) in [5.41, 5.74) is 0. The number of carbonyl (C=O) groups is 3. The van der Waals surface area contributed by atoms with Crippen molar-refractivity contribution in [3.63, 3.8) is 0 Å². The smallest absolute Gasteiger partial charge is 0.306 e. The van der Waals surface area contributed by atoms with Crippen LogP contribution in [0.2, 0.25) is 0 Å². The minimum Gasteiger partial charge on any atom is -0.462 e. The van der Waals surface area contributed by atoms with Gasteiger partial charge in [-0.25, -0.2) is 0 Å². The van der Waals surface area contributed by atoms with E-state index in [0.29, 0.717) is 19.3 Å². The van der Waals surface area contributed by atoms with E-state index in [1.54, 1.807) is 0 Å². The van der Waals surface area contributed by atoms with Crippen molar-refractivity contribution in [1.82, 2.24) is 0 Å². The number of hydrogen-bond acceptors (Lipinski definition) is 6. The van der Waals surface area contributed by atoms with E-state index in [0.717, 1.165) is 116 Å². The Kier molecular flexibility index (Phi) is 65.7. The lowest BCUT2D eigenvalue weighted by Gasteiger charge is -2.18. The van der Waals surface area contributed by atoms with Crippen molar-refractivity contribution in [3.8, 4) is 0 Å². The van der Waals surface area contributed by atoms with Crippen molar-refractivity contribution in [2.75, 3.05) is 13.2 Å². The molecule has 0 fully saturated rings. The molecule has 0 bridgehead atoms. The van der Waals surface area contributed by atoms with Crippen LogP contribution in [0.15, 0.2) is 97.2 Å². The summed E-state index contributed by atoms with van der Waals surface area (Å²) in [6.07, 6.45) is 92.9. The number of hydrogen-bond donors (Lipinski definition) is 0. The molecule has 466 valence electrons. The second kappa shape index (κ2) is 68.8. The van der Waals surface area contributed by atoms with Crippen LogP contribution in [0.1, 0.15) is 342 Å². The van der Waals surface area contributed by atoms with Crippen LogP contribution in [0.4, 0.5) is 0 Å². The topological polar surface area (TPSA) is 78.9 Å². The predicted octanol–water partition coefficient (Wildman–Crippen LogP) is 24.0. The molecule has 0 aromatic carbocycles. The molecule has 1 atom stereocenters. The molecule has 81 heavy (non-hydrogen) atoms. The van der Waals surface area contributed by atoms with Crippen molar-refractivity contribution in [3.05, 3.63) is 97.2 Å². The van der Waals surface area contributed by atoms with E-state index in [1.807, 2.05) is 0 Å². The second-order valence-electron chi connectivity index (χ2n) is 23.1. The second-order valence-corrected chi connectivity index (χ2v) is 23.1. The zero-order valence-corrected chi connectivity index (χ0v) is 53.5. The molecule has 0 rings (SSSR count). The average Bonchev–Trinajstić information content (AvgIpc) is 3.47. The van der Waals surface area contributed by atoms with Crippen LogP contribution in [0.25, 0.3) is 0 Å². The quantitative estimate of drug-likeness (QED) is 0.0261. The summed E-state index contributed by atoms with van der Waals surface area (Å²) >= 11 is 0. The summed E-state index contributed by atoms with van der Waals surface area (Å²) < 4.78 is 16.9. The molecule has 6 nitrogen and oxygen atoms in total. The first-order valence-corrected chi connectivity index (χ1v) is 34.7. The molecule has 0 spiro atoms. The maximum absolute atomic E-state index is 12.9. The Hall–Kier alpha value is -3.67. The molecular formula is C75H130O6. The van der Waals surface area contributed by atoms with E-state index in [1.165, 1.54) is 186 Å². The van der Waals surface area contributed by atoms with Gasteiger partial charge in [0.25, 0.3) is 0 Å². The molecule has 0 aliphatic rings. The van der Waals surface area contributed by atoms with Gasteiger partial charge in [0.2, 0.25) is 0 Å². The van der Waals surface area contributed by atoms with E-state index in [9.17, 15) is 14.4 Å². The van der Waals surface area contributed by atoms with Gasteiger partial charge in [-0.05, 0) is 122 Å². The van der Waals surface area contributed by atoms with Gasteiger partial charge in [-0.2, -0.15) is 0 Å². The van der Waals surface area contributed by atoms with Gasteiger partial charge in [0.15, 0.2) is 6.10 Å². The van der Waals surface area contributed by atoms with Crippen LogP contribution in [0, 0.1) is 0 Å². The fraction of sp³-hybridized carbons (Fsp3) is 0.747. The highest BCUT2D eigenvalue weighted by Crippen LogP contribution is 2.17. The number of rotatable bonds is 63. The van der Waals surface area contributed by atoms with Gasteiger partial charge in [0.1, 0.15) is 13.2 Å². The molecule has 0 aliphatic heterocycles. The van der Waals surface area contributed by atoms with Gasteiger partial charge in [-0.3, -0.25) is 14.4 Å². The first kappa shape index (κ1) is 77.3.